The molecule has 0 spiro atoms. The number of allylic oxidation sites excluding steroid dienone is 1. The SMILES string of the molecule is CCCCC(=CC(C)(C)C)C(N)=O. The van der Waals surface area contributed by atoms with Crippen molar-refractivity contribution in [2.24, 2.45) is 11.1 Å². The Balaban J connectivity index is 4.42. The zero-order chi connectivity index (χ0) is 10.5. The summed E-state index contributed by atoms with van der Waals surface area (Å²) in [7, 11) is 0. The van der Waals surface area contributed by atoms with Crippen molar-refractivity contribution in [2.45, 2.75) is 47.0 Å². The Labute approximate surface area is 81.2 Å². The van der Waals surface area contributed by atoms with Crippen LogP contribution in [0.4, 0.5) is 0 Å². The number of carbonyl (C=O) groups excluding carboxylic acids is 1. The van der Waals surface area contributed by atoms with E-state index in [4.69, 9.17) is 5.73 Å². The van der Waals surface area contributed by atoms with Crippen molar-refractivity contribution < 1.29 is 4.79 Å². The van der Waals surface area contributed by atoms with Gasteiger partial charge in [0.1, 0.15) is 0 Å². The molecule has 0 aromatic heterocycles. The Kier molecular flexibility index (Phi) is 4.74. The van der Waals surface area contributed by atoms with Crippen LogP contribution in [0.15, 0.2) is 11.6 Å². The molecule has 2 N–H and O–H groups in total. The topological polar surface area (TPSA) is 43.1 Å². The summed E-state index contributed by atoms with van der Waals surface area (Å²) in [4.78, 5) is 11.0. The lowest BCUT2D eigenvalue weighted by molar-refractivity contribution is -0.114. The largest absolute Gasteiger partial charge is 0.366 e. The maximum Gasteiger partial charge on any atom is 0.244 e. The van der Waals surface area contributed by atoms with Gasteiger partial charge < -0.3 is 5.73 Å². The quantitative estimate of drug-likeness (QED) is 0.669. The van der Waals surface area contributed by atoms with Gasteiger partial charge in [-0.25, -0.2) is 0 Å². The molecule has 0 unspecified atom stereocenters. The van der Waals surface area contributed by atoms with E-state index in [1.165, 1.54) is 0 Å². The van der Waals surface area contributed by atoms with E-state index in [1.54, 1.807) is 0 Å². The van der Waals surface area contributed by atoms with Crippen LogP contribution in [-0.2, 0) is 4.79 Å². The van der Waals surface area contributed by atoms with E-state index in [0.717, 1.165) is 24.8 Å². The van der Waals surface area contributed by atoms with E-state index in [2.05, 4.69) is 27.7 Å². The molecule has 0 aliphatic heterocycles. The molecule has 0 saturated carbocycles. The molecule has 0 atom stereocenters. The molecule has 0 aliphatic carbocycles. The van der Waals surface area contributed by atoms with Crippen LogP contribution < -0.4 is 5.73 Å². The zero-order valence-corrected chi connectivity index (χ0v) is 9.18. The van der Waals surface area contributed by atoms with Crippen LogP contribution >= 0.6 is 0 Å². The molecule has 0 fully saturated rings. The minimum atomic E-state index is -0.275. The molecule has 1 amide bonds. The molecule has 76 valence electrons. The van der Waals surface area contributed by atoms with Crippen LogP contribution in [0, 0.1) is 5.41 Å². The predicted molar refractivity (Wildman–Crippen MR) is 56.3 cm³/mol. The third kappa shape index (κ3) is 6.38. The second kappa shape index (κ2) is 5.05. The van der Waals surface area contributed by atoms with Crippen LogP contribution in [0.5, 0.6) is 0 Å². The Morgan fingerprint density at radius 3 is 2.23 bits per heavy atom. The van der Waals surface area contributed by atoms with Gasteiger partial charge in [-0.1, -0.05) is 40.2 Å². The normalized spacial score (nSPS) is 13.1. The number of hydrogen-bond acceptors (Lipinski definition) is 1. The third-order valence-corrected chi connectivity index (χ3v) is 1.72. The van der Waals surface area contributed by atoms with Crippen LogP contribution in [0.25, 0.3) is 0 Å². The number of amides is 1. The predicted octanol–water partition coefficient (Wildman–Crippen LogP) is 2.63. The first-order valence-corrected chi connectivity index (χ1v) is 4.88. The molecular formula is C11H21NO. The Hall–Kier alpha value is -0.790. The van der Waals surface area contributed by atoms with Crippen LogP contribution in [-0.4, -0.2) is 5.91 Å². The highest BCUT2D eigenvalue weighted by atomic mass is 16.1. The van der Waals surface area contributed by atoms with Crippen molar-refractivity contribution in [1.29, 1.82) is 0 Å². The molecule has 0 saturated heterocycles. The lowest BCUT2D eigenvalue weighted by atomic mass is 9.91. The first-order chi connectivity index (χ1) is 5.87. The zero-order valence-electron chi connectivity index (χ0n) is 9.18. The molecule has 0 aliphatic rings. The van der Waals surface area contributed by atoms with Crippen LogP contribution in [0.3, 0.4) is 0 Å². The Morgan fingerprint density at radius 2 is 1.92 bits per heavy atom. The highest BCUT2D eigenvalue weighted by Gasteiger charge is 2.11. The summed E-state index contributed by atoms with van der Waals surface area (Å²) < 4.78 is 0. The lowest BCUT2D eigenvalue weighted by Gasteiger charge is -2.14. The van der Waals surface area contributed by atoms with E-state index < -0.39 is 0 Å². The highest BCUT2D eigenvalue weighted by molar-refractivity contribution is 5.91. The lowest BCUT2D eigenvalue weighted by Crippen LogP contribution is -2.16. The van der Waals surface area contributed by atoms with E-state index in [1.807, 2.05) is 6.08 Å². The van der Waals surface area contributed by atoms with Crippen molar-refractivity contribution in [3.63, 3.8) is 0 Å². The monoisotopic (exact) mass is 183 g/mol. The Morgan fingerprint density at radius 1 is 1.38 bits per heavy atom. The fraction of sp³-hybridized carbons (Fsp3) is 0.727. The summed E-state index contributed by atoms with van der Waals surface area (Å²) >= 11 is 0. The summed E-state index contributed by atoms with van der Waals surface area (Å²) in [6.07, 6.45) is 4.91. The number of carbonyl (C=O) groups is 1. The van der Waals surface area contributed by atoms with Gasteiger partial charge in [0.05, 0.1) is 0 Å². The van der Waals surface area contributed by atoms with Gasteiger partial charge >= 0.3 is 0 Å². The van der Waals surface area contributed by atoms with Crippen molar-refractivity contribution in [2.75, 3.05) is 0 Å². The minimum absolute atomic E-state index is 0.0398. The van der Waals surface area contributed by atoms with Crippen molar-refractivity contribution >= 4 is 5.91 Å². The fourth-order valence-corrected chi connectivity index (χ4v) is 1.16. The summed E-state index contributed by atoms with van der Waals surface area (Å²) in [6, 6.07) is 0. The molecule has 0 aromatic rings. The van der Waals surface area contributed by atoms with Gasteiger partial charge in [-0.15, -0.1) is 0 Å². The van der Waals surface area contributed by atoms with Crippen molar-refractivity contribution in [3.05, 3.63) is 11.6 Å². The van der Waals surface area contributed by atoms with E-state index in [9.17, 15) is 4.79 Å². The molecular weight excluding hydrogens is 162 g/mol. The molecule has 0 radical (unpaired) electrons. The van der Waals surface area contributed by atoms with Gasteiger partial charge in [-0.05, 0) is 18.3 Å². The van der Waals surface area contributed by atoms with Gasteiger partial charge in [-0.3, -0.25) is 4.79 Å². The summed E-state index contributed by atoms with van der Waals surface area (Å²) in [6.45, 7) is 8.32. The number of rotatable bonds is 4. The first-order valence-electron chi connectivity index (χ1n) is 4.88. The number of hydrogen-bond donors (Lipinski definition) is 1. The maximum atomic E-state index is 11.0. The molecule has 0 aromatic carbocycles. The number of unbranched alkanes of at least 4 members (excludes halogenated alkanes) is 1. The number of nitrogens with two attached hydrogens (primary N) is 1. The summed E-state index contributed by atoms with van der Waals surface area (Å²) in [5.41, 5.74) is 6.09. The van der Waals surface area contributed by atoms with Gasteiger partial charge in [-0.2, -0.15) is 0 Å². The smallest absolute Gasteiger partial charge is 0.244 e. The van der Waals surface area contributed by atoms with E-state index in [-0.39, 0.29) is 11.3 Å². The summed E-state index contributed by atoms with van der Waals surface area (Å²) in [5.74, 6) is -0.275. The maximum absolute atomic E-state index is 11.0. The first kappa shape index (κ1) is 12.2. The van der Waals surface area contributed by atoms with E-state index >= 15 is 0 Å². The molecule has 2 heteroatoms. The molecule has 13 heavy (non-hydrogen) atoms. The van der Waals surface area contributed by atoms with Crippen molar-refractivity contribution in [3.8, 4) is 0 Å². The van der Waals surface area contributed by atoms with Crippen LogP contribution in [0.2, 0.25) is 0 Å². The standard InChI is InChI=1S/C11H21NO/c1-5-6-7-9(10(12)13)8-11(2,3)4/h8H,5-7H2,1-4H3,(H2,12,13). The molecule has 0 bridgehead atoms. The van der Waals surface area contributed by atoms with Gasteiger partial charge in [0.15, 0.2) is 0 Å². The number of primary amides is 1. The van der Waals surface area contributed by atoms with Gasteiger partial charge in [0, 0.05) is 5.57 Å². The van der Waals surface area contributed by atoms with Gasteiger partial charge in [0.2, 0.25) is 5.91 Å². The van der Waals surface area contributed by atoms with E-state index in [0.29, 0.717) is 0 Å². The summed E-state index contributed by atoms with van der Waals surface area (Å²) in [5, 5.41) is 0. The van der Waals surface area contributed by atoms with Crippen LogP contribution in [0.1, 0.15) is 47.0 Å². The average Bonchev–Trinajstić information content (AvgIpc) is 1.95. The average molecular weight is 183 g/mol. The minimum Gasteiger partial charge on any atom is -0.366 e. The van der Waals surface area contributed by atoms with Gasteiger partial charge in [0.25, 0.3) is 0 Å². The second-order valence-corrected chi connectivity index (χ2v) is 4.50. The fourth-order valence-electron chi connectivity index (χ4n) is 1.16. The molecule has 0 rings (SSSR count). The molecule has 0 heterocycles. The molecule has 2 nitrogen and oxygen atoms in total. The third-order valence-electron chi connectivity index (χ3n) is 1.72. The second-order valence-electron chi connectivity index (χ2n) is 4.50. The highest BCUT2D eigenvalue weighted by Crippen LogP contribution is 2.20. The van der Waals surface area contributed by atoms with Crippen molar-refractivity contribution in [1.82, 2.24) is 0 Å². The Bertz CT molecular complexity index is 199.